The zero-order valence-electron chi connectivity index (χ0n) is 22.2. The monoisotopic (exact) mass is 428 g/mol. The summed E-state index contributed by atoms with van der Waals surface area (Å²) >= 11 is 0. The number of unbranched alkanes of at least 4 members (excludes halogenated alkanes) is 18. The molecule has 0 bridgehead atoms. The van der Waals surface area contributed by atoms with E-state index in [-0.39, 0.29) is 5.97 Å². The fraction of sp³-hybridized carbons (Fsp3) is 0.964. The van der Waals surface area contributed by atoms with Crippen LogP contribution in [-0.2, 0) is 9.53 Å². The van der Waals surface area contributed by atoms with Crippen molar-refractivity contribution in [3.8, 4) is 0 Å². The molecule has 0 saturated heterocycles. The molecule has 0 saturated carbocycles. The first-order chi connectivity index (χ1) is 14.6. The predicted molar refractivity (Wildman–Crippen MR) is 137 cm³/mol. The van der Waals surface area contributed by atoms with Gasteiger partial charge in [-0.2, -0.15) is 0 Å². The van der Waals surface area contributed by atoms with E-state index in [1.807, 2.05) is 0 Å². The highest BCUT2D eigenvalue weighted by Gasteiger charge is 1.91. The fourth-order valence-corrected chi connectivity index (χ4v) is 3.32. The van der Waals surface area contributed by atoms with Gasteiger partial charge in [0.1, 0.15) is 0 Å². The number of esters is 1. The van der Waals surface area contributed by atoms with Crippen LogP contribution in [0.15, 0.2) is 0 Å². The topological polar surface area (TPSA) is 26.3 Å². The summed E-state index contributed by atoms with van der Waals surface area (Å²) in [6.45, 7) is 12.8. The van der Waals surface area contributed by atoms with Crippen LogP contribution < -0.4 is 0 Å². The van der Waals surface area contributed by atoms with Gasteiger partial charge in [-0.3, -0.25) is 4.79 Å². The first kappa shape index (κ1) is 34.1. The lowest BCUT2D eigenvalue weighted by atomic mass is 10.1. The van der Waals surface area contributed by atoms with E-state index < -0.39 is 0 Å². The Kier molecular flexibility index (Phi) is 40.8. The molecule has 0 aromatic rings. The maximum Gasteiger partial charge on any atom is 0.302 e. The summed E-state index contributed by atoms with van der Waals surface area (Å²) in [6, 6.07) is 0. The molecular weight excluding hydrogens is 368 g/mol. The van der Waals surface area contributed by atoms with E-state index in [2.05, 4.69) is 32.4 Å². The smallest absolute Gasteiger partial charge is 0.302 e. The molecule has 0 heterocycles. The van der Waals surface area contributed by atoms with Crippen molar-refractivity contribution < 1.29 is 9.53 Å². The van der Waals surface area contributed by atoms with E-state index in [0.717, 1.165) is 0 Å². The maximum atomic E-state index is 9.82. The second kappa shape index (κ2) is 35.9. The molecule has 0 radical (unpaired) electrons. The molecule has 0 aliphatic carbocycles. The molecule has 30 heavy (non-hydrogen) atoms. The Morgan fingerprint density at radius 1 is 0.433 bits per heavy atom. The zero-order valence-corrected chi connectivity index (χ0v) is 22.2. The highest BCUT2D eigenvalue weighted by Crippen LogP contribution is 2.10. The third kappa shape index (κ3) is 45.9. The molecule has 0 aliphatic rings. The van der Waals surface area contributed by atoms with Crippen molar-refractivity contribution in [2.45, 2.75) is 170 Å². The van der Waals surface area contributed by atoms with Crippen molar-refractivity contribution in [1.82, 2.24) is 0 Å². The first-order valence-electron chi connectivity index (χ1n) is 13.7. The van der Waals surface area contributed by atoms with Gasteiger partial charge in [-0.15, -0.1) is 0 Å². The highest BCUT2D eigenvalue weighted by molar-refractivity contribution is 5.65. The van der Waals surface area contributed by atoms with Gasteiger partial charge in [-0.25, -0.2) is 0 Å². The molecule has 2 heteroatoms. The van der Waals surface area contributed by atoms with E-state index in [0.29, 0.717) is 6.61 Å². The molecule has 0 aliphatic heterocycles. The van der Waals surface area contributed by atoms with E-state index >= 15 is 0 Å². The minimum atomic E-state index is -0.211. The molecule has 0 amide bonds. The normalized spacial score (nSPS) is 9.93. The number of ether oxygens (including phenoxy) is 1. The van der Waals surface area contributed by atoms with Crippen LogP contribution in [0.1, 0.15) is 170 Å². The molecule has 184 valence electrons. The van der Waals surface area contributed by atoms with Crippen molar-refractivity contribution in [2.24, 2.45) is 0 Å². The Morgan fingerprint density at radius 2 is 0.633 bits per heavy atom. The number of rotatable bonds is 19. The molecule has 0 unspecified atom stereocenters. The van der Waals surface area contributed by atoms with Crippen LogP contribution in [0.3, 0.4) is 0 Å². The molecule has 0 fully saturated rings. The van der Waals surface area contributed by atoms with Crippen molar-refractivity contribution in [3.05, 3.63) is 0 Å². The quantitative estimate of drug-likeness (QED) is 0.151. The number of hydrogen-bond donors (Lipinski definition) is 0. The van der Waals surface area contributed by atoms with E-state index in [1.165, 1.54) is 135 Å². The van der Waals surface area contributed by atoms with Crippen molar-refractivity contribution in [1.29, 1.82) is 0 Å². The van der Waals surface area contributed by atoms with Crippen LogP contribution in [-0.4, -0.2) is 12.6 Å². The number of hydrogen-bond acceptors (Lipinski definition) is 2. The Hall–Kier alpha value is -0.530. The molecule has 0 N–H and O–H groups in total. The summed E-state index contributed by atoms with van der Waals surface area (Å²) in [5.74, 6) is -0.211. The van der Waals surface area contributed by atoms with Gasteiger partial charge in [0.15, 0.2) is 0 Å². The van der Waals surface area contributed by atoms with E-state index in [1.54, 1.807) is 6.92 Å². The molecule has 2 nitrogen and oxygen atoms in total. The minimum absolute atomic E-state index is 0.211. The van der Waals surface area contributed by atoms with Gasteiger partial charge in [-0.1, -0.05) is 156 Å². The SMILES string of the molecule is CCCCCCCCCCCC.CCCCCCCCCCCC.CCOC(C)=O. The third-order valence-electron chi connectivity index (χ3n) is 5.26. The van der Waals surface area contributed by atoms with Crippen molar-refractivity contribution in [3.63, 3.8) is 0 Å². The summed E-state index contributed by atoms with van der Waals surface area (Å²) in [5.41, 5.74) is 0. The zero-order chi connectivity index (χ0) is 23.1. The lowest BCUT2D eigenvalue weighted by molar-refractivity contribution is -0.140. The van der Waals surface area contributed by atoms with E-state index in [4.69, 9.17) is 0 Å². The van der Waals surface area contributed by atoms with Crippen LogP contribution in [0, 0.1) is 0 Å². The summed E-state index contributed by atoms with van der Waals surface area (Å²) in [6.07, 6.45) is 28.9. The van der Waals surface area contributed by atoms with Gasteiger partial charge in [0.05, 0.1) is 6.61 Å². The van der Waals surface area contributed by atoms with Crippen LogP contribution in [0.4, 0.5) is 0 Å². The van der Waals surface area contributed by atoms with Crippen LogP contribution in [0.5, 0.6) is 0 Å². The van der Waals surface area contributed by atoms with Crippen LogP contribution in [0.2, 0.25) is 0 Å². The summed E-state index contributed by atoms with van der Waals surface area (Å²) in [5, 5.41) is 0. The van der Waals surface area contributed by atoms with E-state index in [9.17, 15) is 4.79 Å². The second-order valence-corrected chi connectivity index (χ2v) is 8.58. The highest BCUT2D eigenvalue weighted by atomic mass is 16.5. The van der Waals surface area contributed by atoms with Gasteiger partial charge >= 0.3 is 5.97 Å². The number of carbonyl (C=O) groups is 1. The van der Waals surface area contributed by atoms with Crippen molar-refractivity contribution >= 4 is 5.97 Å². The Morgan fingerprint density at radius 3 is 0.733 bits per heavy atom. The first-order valence-corrected chi connectivity index (χ1v) is 13.7. The summed E-state index contributed by atoms with van der Waals surface area (Å²) in [7, 11) is 0. The van der Waals surface area contributed by atoms with Crippen molar-refractivity contribution in [2.75, 3.05) is 6.61 Å². The van der Waals surface area contributed by atoms with Gasteiger partial charge in [-0.05, 0) is 6.92 Å². The molecule has 0 spiro atoms. The summed E-state index contributed by atoms with van der Waals surface area (Å²) < 4.78 is 4.40. The van der Waals surface area contributed by atoms with Gasteiger partial charge in [0, 0.05) is 6.92 Å². The summed E-state index contributed by atoms with van der Waals surface area (Å²) in [4.78, 5) is 9.82. The number of carbonyl (C=O) groups excluding carboxylic acids is 1. The molecule has 0 aromatic carbocycles. The molecular formula is C28H60O2. The van der Waals surface area contributed by atoms with Crippen LogP contribution >= 0.6 is 0 Å². The Labute approximate surface area is 192 Å². The van der Waals surface area contributed by atoms with Gasteiger partial charge < -0.3 is 4.74 Å². The molecule has 0 atom stereocenters. The van der Waals surface area contributed by atoms with Gasteiger partial charge in [0.2, 0.25) is 0 Å². The van der Waals surface area contributed by atoms with Crippen LogP contribution in [0.25, 0.3) is 0 Å². The predicted octanol–water partition coefficient (Wildman–Crippen LogP) is 10.4. The maximum absolute atomic E-state index is 9.82. The third-order valence-corrected chi connectivity index (χ3v) is 5.26. The fourth-order valence-electron chi connectivity index (χ4n) is 3.32. The lowest BCUT2D eigenvalue weighted by Gasteiger charge is -1.99. The molecule has 0 aromatic heterocycles. The largest absolute Gasteiger partial charge is 0.466 e. The average molecular weight is 429 g/mol. The standard InChI is InChI=1S/2C12H26.C4H8O2/c2*1-3-5-7-9-11-12-10-8-6-4-2;1-3-6-4(2)5/h2*3-12H2,1-2H3;3H2,1-2H3. The Bertz CT molecular complexity index is 236. The Balaban J connectivity index is -0.000000386. The minimum Gasteiger partial charge on any atom is -0.466 e. The molecule has 0 rings (SSSR count). The second-order valence-electron chi connectivity index (χ2n) is 8.58. The van der Waals surface area contributed by atoms with Gasteiger partial charge in [0.25, 0.3) is 0 Å². The lowest BCUT2D eigenvalue weighted by Crippen LogP contribution is -1.95. The average Bonchev–Trinajstić information content (AvgIpc) is 2.73.